The molecule has 0 aromatic heterocycles. The lowest BCUT2D eigenvalue weighted by Crippen LogP contribution is -2.31. The Morgan fingerprint density at radius 3 is 2.59 bits per heavy atom. The Balaban J connectivity index is 2.25. The third-order valence-electron chi connectivity index (χ3n) is 3.38. The Morgan fingerprint density at radius 2 is 1.94 bits per heavy atom. The average Bonchev–Trinajstić information content (AvgIpc) is 2.44. The molecule has 1 aliphatic rings. The first-order valence-corrected chi connectivity index (χ1v) is 7.63. The van der Waals surface area contributed by atoms with Crippen molar-refractivity contribution in [2.75, 3.05) is 6.54 Å². The van der Waals surface area contributed by atoms with Crippen LogP contribution in [0.5, 0.6) is 0 Å². The van der Waals surface area contributed by atoms with Gasteiger partial charge in [0.15, 0.2) is 0 Å². The molecule has 0 spiro atoms. The van der Waals surface area contributed by atoms with Crippen LogP contribution >= 0.6 is 11.6 Å². The fourth-order valence-electron chi connectivity index (χ4n) is 2.28. The molecule has 1 saturated heterocycles. The Morgan fingerprint density at radius 1 is 1.29 bits per heavy atom. The lowest BCUT2D eigenvalue weighted by molar-refractivity contribution is 0.532. The van der Waals surface area contributed by atoms with E-state index in [0.717, 1.165) is 18.0 Å². The predicted octanol–water partition coefficient (Wildman–Crippen LogP) is 2.90. The number of rotatable bonds is 1. The monoisotopic (exact) mass is 271 g/mol. The third-order valence-corrected chi connectivity index (χ3v) is 5.66. The van der Waals surface area contributed by atoms with Crippen LogP contribution in [0.2, 0.25) is 5.02 Å². The maximum Gasteiger partial charge on any atom is 0.0517 e. The van der Waals surface area contributed by atoms with E-state index >= 15 is 0 Å². The fourth-order valence-corrected chi connectivity index (χ4v) is 4.01. The highest BCUT2D eigenvalue weighted by molar-refractivity contribution is 7.86. The minimum Gasteiger partial charge on any atom is -0.309 e. The van der Waals surface area contributed by atoms with E-state index in [9.17, 15) is 4.21 Å². The zero-order valence-electron chi connectivity index (χ0n) is 10.2. The Bertz CT molecular complexity index is 406. The molecular formula is C13H18ClNOS. The number of benzene rings is 1. The van der Waals surface area contributed by atoms with Gasteiger partial charge >= 0.3 is 0 Å². The second kappa shape index (κ2) is 5.51. The fraction of sp³-hybridized carbons (Fsp3) is 0.538. The highest BCUT2D eigenvalue weighted by atomic mass is 35.5. The lowest BCUT2D eigenvalue weighted by Gasteiger charge is -2.23. The molecular weight excluding hydrogens is 254 g/mol. The summed E-state index contributed by atoms with van der Waals surface area (Å²) < 4.78 is 12.2. The third kappa shape index (κ3) is 2.90. The van der Waals surface area contributed by atoms with Crippen molar-refractivity contribution in [2.45, 2.75) is 36.8 Å². The number of halogens is 1. The summed E-state index contributed by atoms with van der Waals surface area (Å²) in [5, 5.41) is 4.64. The molecule has 1 fully saturated rings. The highest BCUT2D eigenvalue weighted by Gasteiger charge is 2.30. The van der Waals surface area contributed by atoms with Crippen molar-refractivity contribution in [1.82, 2.24) is 5.32 Å². The van der Waals surface area contributed by atoms with Crippen LogP contribution in [0.15, 0.2) is 24.3 Å². The van der Waals surface area contributed by atoms with Crippen LogP contribution in [0.1, 0.15) is 31.9 Å². The van der Waals surface area contributed by atoms with E-state index in [1.807, 2.05) is 24.3 Å². The van der Waals surface area contributed by atoms with Crippen LogP contribution in [0.25, 0.3) is 0 Å². The molecule has 0 amide bonds. The summed E-state index contributed by atoms with van der Waals surface area (Å²) in [7, 11) is -0.778. The Hall–Kier alpha value is -0.380. The zero-order valence-corrected chi connectivity index (χ0v) is 11.7. The minimum atomic E-state index is -0.778. The molecule has 1 aromatic carbocycles. The van der Waals surface area contributed by atoms with Gasteiger partial charge in [0.2, 0.25) is 0 Å². The predicted molar refractivity (Wildman–Crippen MR) is 73.9 cm³/mol. The van der Waals surface area contributed by atoms with Crippen molar-refractivity contribution >= 4 is 22.4 Å². The average molecular weight is 272 g/mol. The second-order valence-electron chi connectivity index (χ2n) is 4.62. The van der Waals surface area contributed by atoms with Crippen LogP contribution < -0.4 is 5.32 Å². The van der Waals surface area contributed by atoms with Crippen molar-refractivity contribution in [3.05, 3.63) is 34.9 Å². The summed E-state index contributed by atoms with van der Waals surface area (Å²) in [6.07, 6.45) is 0.973. The number of hydrogen-bond donors (Lipinski definition) is 1. The molecule has 0 saturated carbocycles. The largest absolute Gasteiger partial charge is 0.309 e. The van der Waals surface area contributed by atoms with Gasteiger partial charge in [0, 0.05) is 27.1 Å². The molecule has 4 unspecified atom stereocenters. The molecule has 4 atom stereocenters. The molecule has 0 radical (unpaired) electrons. The lowest BCUT2D eigenvalue weighted by atomic mass is 10.0. The standard InChI is InChI=1S/C13H18ClNOS/c1-9-7-8-15-13(10(2)17(9)16)11-3-5-12(14)6-4-11/h3-6,9-10,13,15H,7-8H2,1-2H3. The maximum absolute atomic E-state index is 12.2. The smallest absolute Gasteiger partial charge is 0.0517 e. The Kier molecular flexibility index (Phi) is 4.23. The van der Waals surface area contributed by atoms with Gasteiger partial charge < -0.3 is 5.32 Å². The molecule has 2 rings (SSSR count). The second-order valence-corrected chi connectivity index (χ2v) is 7.26. The van der Waals surface area contributed by atoms with Crippen LogP contribution in [0.3, 0.4) is 0 Å². The van der Waals surface area contributed by atoms with Gasteiger partial charge in [-0.2, -0.15) is 0 Å². The van der Waals surface area contributed by atoms with Gasteiger partial charge in [-0.25, -0.2) is 0 Å². The zero-order chi connectivity index (χ0) is 12.4. The molecule has 1 aromatic rings. The summed E-state index contributed by atoms with van der Waals surface area (Å²) in [6, 6.07) is 7.98. The number of nitrogens with one attached hydrogen (secondary N) is 1. The van der Waals surface area contributed by atoms with Gasteiger partial charge in [-0.3, -0.25) is 4.21 Å². The van der Waals surface area contributed by atoms with Crippen molar-refractivity contribution < 1.29 is 4.21 Å². The van der Waals surface area contributed by atoms with Crippen LogP contribution in [0, 0.1) is 0 Å². The van der Waals surface area contributed by atoms with E-state index < -0.39 is 10.8 Å². The van der Waals surface area contributed by atoms with E-state index in [1.54, 1.807) is 0 Å². The van der Waals surface area contributed by atoms with Crippen molar-refractivity contribution in [3.8, 4) is 0 Å². The van der Waals surface area contributed by atoms with Crippen molar-refractivity contribution in [1.29, 1.82) is 0 Å². The van der Waals surface area contributed by atoms with E-state index in [4.69, 9.17) is 11.6 Å². The molecule has 1 aliphatic heterocycles. The van der Waals surface area contributed by atoms with Crippen LogP contribution in [-0.4, -0.2) is 21.3 Å². The maximum atomic E-state index is 12.2. The van der Waals surface area contributed by atoms with Crippen LogP contribution in [-0.2, 0) is 10.8 Å². The van der Waals surface area contributed by atoms with Gasteiger partial charge in [-0.05, 0) is 37.6 Å². The van der Waals surface area contributed by atoms with Crippen molar-refractivity contribution in [3.63, 3.8) is 0 Å². The minimum absolute atomic E-state index is 0.133. The van der Waals surface area contributed by atoms with E-state index in [1.165, 1.54) is 5.56 Å². The summed E-state index contributed by atoms with van der Waals surface area (Å²) in [6.45, 7) is 5.05. The first-order valence-electron chi connectivity index (χ1n) is 5.98. The van der Waals surface area contributed by atoms with Crippen LogP contribution in [0.4, 0.5) is 0 Å². The Labute approximate surface area is 110 Å². The molecule has 0 bridgehead atoms. The highest BCUT2D eigenvalue weighted by Crippen LogP contribution is 2.26. The summed E-state index contributed by atoms with van der Waals surface area (Å²) in [5.74, 6) is 0. The van der Waals surface area contributed by atoms with Gasteiger partial charge in [0.05, 0.1) is 5.25 Å². The summed E-state index contributed by atoms with van der Waals surface area (Å²) >= 11 is 5.89. The molecule has 4 heteroatoms. The van der Waals surface area contributed by atoms with E-state index in [2.05, 4.69) is 19.2 Å². The molecule has 1 N–H and O–H groups in total. The normalized spacial score (nSPS) is 34.3. The van der Waals surface area contributed by atoms with Crippen molar-refractivity contribution in [2.24, 2.45) is 0 Å². The van der Waals surface area contributed by atoms with E-state index in [-0.39, 0.29) is 16.5 Å². The molecule has 94 valence electrons. The molecule has 1 heterocycles. The molecule has 0 aliphatic carbocycles. The van der Waals surface area contributed by atoms with Gasteiger partial charge in [0.1, 0.15) is 0 Å². The van der Waals surface area contributed by atoms with Gasteiger partial charge in [-0.15, -0.1) is 0 Å². The SMILES string of the molecule is CC1CCNC(c2ccc(Cl)cc2)C(C)S1=O. The summed E-state index contributed by atoms with van der Waals surface area (Å²) in [5.41, 5.74) is 1.17. The topological polar surface area (TPSA) is 29.1 Å². The quantitative estimate of drug-likeness (QED) is 0.851. The van der Waals surface area contributed by atoms with Gasteiger partial charge in [0.25, 0.3) is 0 Å². The van der Waals surface area contributed by atoms with E-state index in [0.29, 0.717) is 0 Å². The first-order chi connectivity index (χ1) is 8.09. The molecule has 17 heavy (non-hydrogen) atoms. The first kappa shape index (κ1) is 13.1. The number of hydrogen-bond acceptors (Lipinski definition) is 2. The summed E-state index contributed by atoms with van der Waals surface area (Å²) in [4.78, 5) is 0. The van der Waals surface area contributed by atoms with Gasteiger partial charge in [-0.1, -0.05) is 30.7 Å². The molecule has 2 nitrogen and oxygen atoms in total.